The number of amides is 1. The van der Waals surface area contributed by atoms with Gasteiger partial charge in [0.05, 0.1) is 0 Å². The van der Waals surface area contributed by atoms with Crippen LogP contribution in [0.2, 0.25) is 0 Å². The smallest absolute Gasteiger partial charge is 0.244 e. The van der Waals surface area contributed by atoms with Gasteiger partial charge < -0.3 is 15.9 Å². The Labute approximate surface area is 134 Å². The quantitative estimate of drug-likeness (QED) is 0.815. The fourth-order valence-electron chi connectivity index (χ4n) is 3.00. The number of aromatic hydroxyl groups is 2. The molecule has 1 aliphatic rings. The van der Waals surface area contributed by atoms with Crippen molar-refractivity contribution < 1.29 is 15.0 Å². The van der Waals surface area contributed by atoms with E-state index in [9.17, 15) is 15.0 Å². The van der Waals surface area contributed by atoms with Crippen molar-refractivity contribution in [2.24, 2.45) is 5.73 Å². The lowest BCUT2D eigenvalue weighted by molar-refractivity contribution is -0.114. The van der Waals surface area contributed by atoms with Gasteiger partial charge in [-0.05, 0) is 41.8 Å². The Hall–Kier alpha value is -3.01. The van der Waals surface area contributed by atoms with Crippen LogP contribution in [-0.2, 0) is 10.2 Å². The summed E-state index contributed by atoms with van der Waals surface area (Å²) in [5.41, 5.74) is 7.31. The summed E-state index contributed by atoms with van der Waals surface area (Å²) in [5.74, 6) is -0.0867. The monoisotopic (exact) mass is 307 g/mol. The standard InChI is InChI=1S/C19H17NO3/c20-18(23)13-2-1-11-19(12-13,14-3-7-16(21)8-4-14)15-5-9-17(22)10-6-15/h1-11,21-22H,12H2,(H2,20,23). The molecule has 2 aromatic carbocycles. The number of phenols is 2. The van der Waals surface area contributed by atoms with Gasteiger partial charge in [-0.1, -0.05) is 42.5 Å². The van der Waals surface area contributed by atoms with Gasteiger partial charge in [-0.2, -0.15) is 0 Å². The lowest BCUT2D eigenvalue weighted by Crippen LogP contribution is -2.31. The Morgan fingerprint density at radius 1 is 0.913 bits per heavy atom. The molecular weight excluding hydrogens is 290 g/mol. The first kappa shape index (κ1) is 14.9. The van der Waals surface area contributed by atoms with Crippen LogP contribution in [0.4, 0.5) is 0 Å². The molecule has 2 aromatic rings. The van der Waals surface area contributed by atoms with Crippen LogP contribution in [0.3, 0.4) is 0 Å². The predicted molar refractivity (Wildman–Crippen MR) is 88.0 cm³/mol. The maximum absolute atomic E-state index is 11.7. The van der Waals surface area contributed by atoms with Gasteiger partial charge in [0.15, 0.2) is 0 Å². The van der Waals surface area contributed by atoms with Crippen molar-refractivity contribution in [3.63, 3.8) is 0 Å². The number of carbonyl (C=O) groups excluding carboxylic acids is 1. The summed E-state index contributed by atoms with van der Waals surface area (Å²) in [4.78, 5) is 11.7. The Bertz CT molecular complexity index is 741. The van der Waals surface area contributed by atoms with E-state index in [4.69, 9.17) is 5.73 Å². The summed E-state index contributed by atoms with van der Waals surface area (Å²) in [6, 6.07) is 13.8. The van der Waals surface area contributed by atoms with Crippen LogP contribution in [-0.4, -0.2) is 16.1 Å². The Kier molecular flexibility index (Phi) is 3.66. The Morgan fingerprint density at radius 3 is 1.83 bits per heavy atom. The van der Waals surface area contributed by atoms with E-state index >= 15 is 0 Å². The van der Waals surface area contributed by atoms with Gasteiger partial charge in [-0.15, -0.1) is 0 Å². The first-order chi connectivity index (χ1) is 11.0. The maximum Gasteiger partial charge on any atom is 0.244 e. The van der Waals surface area contributed by atoms with Gasteiger partial charge in [0, 0.05) is 11.0 Å². The summed E-state index contributed by atoms with van der Waals surface area (Å²) >= 11 is 0. The second-order valence-corrected chi connectivity index (χ2v) is 5.66. The van der Waals surface area contributed by atoms with Gasteiger partial charge in [0.25, 0.3) is 0 Å². The van der Waals surface area contributed by atoms with Crippen LogP contribution in [0.5, 0.6) is 11.5 Å². The summed E-state index contributed by atoms with van der Waals surface area (Å²) in [5, 5.41) is 19.1. The molecule has 0 radical (unpaired) electrons. The number of hydrogen-bond donors (Lipinski definition) is 3. The number of benzene rings is 2. The highest BCUT2D eigenvalue weighted by molar-refractivity contribution is 5.93. The Morgan fingerprint density at radius 2 is 1.39 bits per heavy atom. The van der Waals surface area contributed by atoms with E-state index in [-0.39, 0.29) is 11.5 Å². The number of carbonyl (C=O) groups is 1. The molecule has 3 rings (SSSR count). The maximum atomic E-state index is 11.7. The molecule has 0 atom stereocenters. The van der Waals surface area contributed by atoms with Crippen molar-refractivity contribution in [1.29, 1.82) is 0 Å². The number of hydrogen-bond acceptors (Lipinski definition) is 3. The summed E-state index contributed by atoms with van der Waals surface area (Å²) in [6.07, 6.45) is 5.98. The SMILES string of the molecule is NC(=O)C1=CC=CC(c2ccc(O)cc2)(c2ccc(O)cc2)C1. The van der Waals surface area contributed by atoms with E-state index in [0.29, 0.717) is 12.0 Å². The van der Waals surface area contributed by atoms with Crippen molar-refractivity contribution in [2.45, 2.75) is 11.8 Å². The molecular formula is C19H17NO3. The van der Waals surface area contributed by atoms with Crippen LogP contribution in [0, 0.1) is 0 Å². The molecule has 0 fully saturated rings. The fraction of sp³-hybridized carbons (Fsp3) is 0.105. The molecule has 1 amide bonds. The molecule has 116 valence electrons. The third-order valence-electron chi connectivity index (χ3n) is 4.23. The van der Waals surface area contributed by atoms with E-state index in [1.54, 1.807) is 30.3 Å². The molecule has 23 heavy (non-hydrogen) atoms. The van der Waals surface area contributed by atoms with Gasteiger partial charge >= 0.3 is 0 Å². The highest BCUT2D eigenvalue weighted by atomic mass is 16.3. The van der Waals surface area contributed by atoms with Crippen LogP contribution >= 0.6 is 0 Å². The summed E-state index contributed by atoms with van der Waals surface area (Å²) < 4.78 is 0. The van der Waals surface area contributed by atoms with E-state index in [1.807, 2.05) is 36.4 Å². The predicted octanol–water partition coefficient (Wildman–Crippen LogP) is 2.76. The lowest BCUT2D eigenvalue weighted by atomic mass is 9.68. The van der Waals surface area contributed by atoms with Crippen LogP contribution < -0.4 is 5.73 Å². The number of rotatable bonds is 3. The molecule has 0 aromatic heterocycles. The first-order valence-electron chi connectivity index (χ1n) is 7.28. The molecule has 0 heterocycles. The molecule has 4 N–H and O–H groups in total. The minimum atomic E-state index is -0.569. The average molecular weight is 307 g/mol. The number of primary amides is 1. The second-order valence-electron chi connectivity index (χ2n) is 5.66. The van der Waals surface area contributed by atoms with E-state index in [0.717, 1.165) is 11.1 Å². The minimum Gasteiger partial charge on any atom is -0.508 e. The molecule has 0 saturated heterocycles. The van der Waals surface area contributed by atoms with E-state index in [2.05, 4.69) is 0 Å². The van der Waals surface area contributed by atoms with Crippen LogP contribution in [0.1, 0.15) is 17.5 Å². The van der Waals surface area contributed by atoms with Gasteiger partial charge in [-0.3, -0.25) is 4.79 Å². The lowest BCUT2D eigenvalue weighted by Gasteiger charge is -2.34. The Balaban J connectivity index is 2.16. The number of phenolic OH excluding ortho intramolecular Hbond substituents is 2. The van der Waals surface area contributed by atoms with E-state index < -0.39 is 11.3 Å². The largest absolute Gasteiger partial charge is 0.508 e. The summed E-state index contributed by atoms with van der Waals surface area (Å²) in [6.45, 7) is 0. The minimum absolute atomic E-state index is 0.181. The molecule has 4 heteroatoms. The molecule has 4 nitrogen and oxygen atoms in total. The normalized spacial score (nSPS) is 15.9. The number of nitrogens with two attached hydrogens (primary N) is 1. The van der Waals surface area contributed by atoms with Crippen LogP contribution in [0.15, 0.2) is 72.3 Å². The molecule has 0 bridgehead atoms. The zero-order valence-corrected chi connectivity index (χ0v) is 12.4. The van der Waals surface area contributed by atoms with Crippen molar-refractivity contribution in [3.05, 3.63) is 83.5 Å². The fourth-order valence-corrected chi connectivity index (χ4v) is 3.00. The third-order valence-corrected chi connectivity index (χ3v) is 4.23. The van der Waals surface area contributed by atoms with E-state index in [1.165, 1.54) is 0 Å². The number of allylic oxidation sites excluding steroid dienone is 3. The third kappa shape index (κ3) is 2.71. The van der Waals surface area contributed by atoms with Crippen molar-refractivity contribution in [1.82, 2.24) is 0 Å². The second kappa shape index (κ2) is 5.65. The van der Waals surface area contributed by atoms with Crippen LogP contribution in [0.25, 0.3) is 0 Å². The summed E-state index contributed by atoms with van der Waals surface area (Å²) in [7, 11) is 0. The first-order valence-corrected chi connectivity index (χ1v) is 7.28. The van der Waals surface area contributed by atoms with Gasteiger partial charge in [-0.25, -0.2) is 0 Å². The highest BCUT2D eigenvalue weighted by Gasteiger charge is 2.35. The zero-order chi connectivity index (χ0) is 16.4. The van der Waals surface area contributed by atoms with Crippen molar-refractivity contribution in [3.8, 4) is 11.5 Å². The molecule has 1 aliphatic carbocycles. The van der Waals surface area contributed by atoms with Crippen molar-refractivity contribution in [2.75, 3.05) is 0 Å². The molecule has 0 unspecified atom stereocenters. The van der Waals surface area contributed by atoms with Crippen molar-refractivity contribution >= 4 is 5.91 Å². The topological polar surface area (TPSA) is 83.6 Å². The molecule has 0 aliphatic heterocycles. The highest BCUT2D eigenvalue weighted by Crippen LogP contribution is 2.42. The molecule has 0 spiro atoms. The zero-order valence-electron chi connectivity index (χ0n) is 12.4. The molecule has 0 saturated carbocycles. The van der Waals surface area contributed by atoms with Gasteiger partial charge in [0.2, 0.25) is 5.91 Å². The van der Waals surface area contributed by atoms with Gasteiger partial charge in [0.1, 0.15) is 11.5 Å². The average Bonchev–Trinajstić information content (AvgIpc) is 2.56.